The Morgan fingerprint density at radius 2 is 1.91 bits per heavy atom. The minimum absolute atomic E-state index is 0.763. The van der Waals surface area contributed by atoms with Gasteiger partial charge in [0.25, 0.3) is 0 Å². The van der Waals surface area contributed by atoms with Crippen molar-refractivity contribution >= 4 is 17.9 Å². The maximum absolute atomic E-state index is 10.6. The van der Waals surface area contributed by atoms with Crippen molar-refractivity contribution in [2.75, 3.05) is 13.1 Å². The molecule has 3 heteroatoms. The normalized spacial score (nSPS) is 26.0. The van der Waals surface area contributed by atoms with Crippen LogP contribution in [0.25, 0.3) is 0 Å². The van der Waals surface area contributed by atoms with Crippen molar-refractivity contribution in [1.82, 2.24) is 4.90 Å². The minimum Gasteiger partial charge on any atom is -0.300 e. The largest absolute Gasteiger partial charge is 0.300 e. The molecule has 0 aromatic carbocycles. The third-order valence-electron chi connectivity index (χ3n) is 2.19. The average molecular weight is 176 g/mol. The van der Waals surface area contributed by atoms with E-state index in [1.54, 1.807) is 6.92 Å². The second-order valence-corrected chi connectivity index (χ2v) is 3.95. The number of alkyl halides is 1. The van der Waals surface area contributed by atoms with Crippen molar-refractivity contribution in [1.29, 1.82) is 0 Å². The smallest absolute Gasteiger partial charge is 0.155 e. The fourth-order valence-electron chi connectivity index (χ4n) is 1.41. The van der Waals surface area contributed by atoms with Crippen molar-refractivity contribution in [3.8, 4) is 0 Å². The van der Waals surface area contributed by atoms with E-state index in [0.29, 0.717) is 0 Å². The van der Waals surface area contributed by atoms with Gasteiger partial charge in [0.15, 0.2) is 6.29 Å². The maximum Gasteiger partial charge on any atom is 0.155 e. The van der Waals surface area contributed by atoms with E-state index in [4.69, 9.17) is 11.6 Å². The van der Waals surface area contributed by atoms with Crippen molar-refractivity contribution in [2.45, 2.75) is 31.2 Å². The molecule has 0 aromatic heterocycles. The number of halogens is 1. The van der Waals surface area contributed by atoms with E-state index >= 15 is 0 Å². The number of nitrogens with zero attached hydrogens (tertiary/aromatic N) is 1. The van der Waals surface area contributed by atoms with Gasteiger partial charge in [0.05, 0.1) is 0 Å². The molecule has 0 radical (unpaired) electrons. The van der Waals surface area contributed by atoms with Crippen molar-refractivity contribution in [3.05, 3.63) is 0 Å². The van der Waals surface area contributed by atoms with Gasteiger partial charge >= 0.3 is 0 Å². The summed E-state index contributed by atoms with van der Waals surface area (Å²) in [5.74, 6) is 0. The summed E-state index contributed by atoms with van der Waals surface area (Å²) in [6.07, 6.45) is 4.41. The third-order valence-corrected chi connectivity index (χ3v) is 2.52. The first-order valence-corrected chi connectivity index (χ1v) is 4.45. The van der Waals surface area contributed by atoms with E-state index in [0.717, 1.165) is 32.2 Å². The van der Waals surface area contributed by atoms with Gasteiger partial charge in [-0.25, -0.2) is 0 Å². The zero-order chi connectivity index (χ0) is 8.32. The Balaban J connectivity index is 2.50. The summed E-state index contributed by atoms with van der Waals surface area (Å²) in [7, 11) is 0. The fourth-order valence-corrected chi connectivity index (χ4v) is 1.57. The van der Waals surface area contributed by atoms with Crippen molar-refractivity contribution < 1.29 is 4.79 Å². The van der Waals surface area contributed by atoms with E-state index in [1.807, 2.05) is 4.90 Å². The van der Waals surface area contributed by atoms with Crippen LogP contribution in [0.3, 0.4) is 0 Å². The molecule has 1 fully saturated rings. The molecule has 2 nitrogen and oxygen atoms in total. The summed E-state index contributed by atoms with van der Waals surface area (Å²) in [4.78, 5) is 11.8. The zero-order valence-electron chi connectivity index (χ0n) is 6.85. The molecule has 0 N–H and O–H groups in total. The lowest BCUT2D eigenvalue weighted by molar-refractivity contribution is -0.114. The molecular weight excluding hydrogens is 162 g/mol. The summed E-state index contributed by atoms with van der Waals surface area (Å²) in [6, 6.07) is 0. The lowest BCUT2D eigenvalue weighted by atomic mass is 10.1. The van der Waals surface area contributed by atoms with Crippen LogP contribution in [0.2, 0.25) is 0 Å². The van der Waals surface area contributed by atoms with Crippen LogP contribution in [-0.2, 0) is 4.79 Å². The summed E-state index contributed by atoms with van der Waals surface area (Å²) in [5, 5.41) is 0. The standard InChI is InChI=1S/C8H14ClNO/c1-8(9,7-11)10-5-3-2-4-6-10/h7H,2-6H2,1H3. The molecule has 0 bridgehead atoms. The first-order valence-electron chi connectivity index (χ1n) is 4.07. The molecule has 0 spiro atoms. The topological polar surface area (TPSA) is 20.3 Å². The van der Waals surface area contributed by atoms with Crippen LogP contribution in [0.1, 0.15) is 26.2 Å². The predicted molar refractivity (Wildman–Crippen MR) is 45.7 cm³/mol. The summed E-state index contributed by atoms with van der Waals surface area (Å²) < 4.78 is 0. The van der Waals surface area contributed by atoms with Gasteiger partial charge in [-0.05, 0) is 19.8 Å². The quantitative estimate of drug-likeness (QED) is 0.361. The van der Waals surface area contributed by atoms with Gasteiger partial charge in [-0.2, -0.15) is 0 Å². The van der Waals surface area contributed by atoms with Gasteiger partial charge in [-0.3, -0.25) is 9.69 Å². The van der Waals surface area contributed by atoms with E-state index in [2.05, 4.69) is 0 Å². The van der Waals surface area contributed by atoms with Crippen LogP contribution in [0, 0.1) is 0 Å². The number of aldehydes is 1. The number of hydrogen-bond acceptors (Lipinski definition) is 2. The molecule has 11 heavy (non-hydrogen) atoms. The molecule has 1 saturated heterocycles. The molecule has 0 saturated carbocycles. The SMILES string of the molecule is CC(Cl)(C=O)N1CCCCC1. The predicted octanol–water partition coefficient (Wildman–Crippen LogP) is 1.63. The summed E-state index contributed by atoms with van der Waals surface area (Å²) in [6.45, 7) is 3.67. The molecule has 0 aromatic rings. The summed E-state index contributed by atoms with van der Waals surface area (Å²) >= 11 is 5.96. The Kier molecular flexibility index (Phi) is 2.90. The second kappa shape index (κ2) is 3.55. The van der Waals surface area contributed by atoms with Gasteiger partial charge in [0.2, 0.25) is 0 Å². The molecule has 1 atom stereocenters. The minimum atomic E-state index is -0.763. The Morgan fingerprint density at radius 3 is 2.36 bits per heavy atom. The zero-order valence-corrected chi connectivity index (χ0v) is 7.60. The Labute approximate surface area is 72.5 Å². The lowest BCUT2D eigenvalue weighted by Crippen LogP contribution is -2.45. The van der Waals surface area contributed by atoms with Crippen LogP contribution in [0.4, 0.5) is 0 Å². The number of likely N-dealkylation sites (tertiary alicyclic amines) is 1. The number of carbonyl (C=O) groups is 1. The van der Waals surface area contributed by atoms with Crippen LogP contribution in [0.15, 0.2) is 0 Å². The molecule has 1 rings (SSSR count). The highest BCUT2D eigenvalue weighted by atomic mass is 35.5. The monoisotopic (exact) mass is 175 g/mol. The highest BCUT2D eigenvalue weighted by molar-refractivity contribution is 6.30. The van der Waals surface area contributed by atoms with Gasteiger partial charge in [-0.1, -0.05) is 18.0 Å². The van der Waals surface area contributed by atoms with E-state index in [-0.39, 0.29) is 0 Å². The number of piperidine rings is 1. The highest BCUT2D eigenvalue weighted by Crippen LogP contribution is 2.22. The van der Waals surface area contributed by atoms with E-state index in [9.17, 15) is 4.79 Å². The van der Waals surface area contributed by atoms with Crippen molar-refractivity contribution in [2.24, 2.45) is 0 Å². The Morgan fingerprint density at radius 1 is 1.36 bits per heavy atom. The molecule has 0 aliphatic carbocycles. The highest BCUT2D eigenvalue weighted by Gasteiger charge is 2.29. The second-order valence-electron chi connectivity index (χ2n) is 3.19. The maximum atomic E-state index is 10.6. The Bertz CT molecular complexity index is 141. The van der Waals surface area contributed by atoms with Crippen LogP contribution < -0.4 is 0 Å². The van der Waals surface area contributed by atoms with Crippen molar-refractivity contribution in [3.63, 3.8) is 0 Å². The van der Waals surface area contributed by atoms with Gasteiger partial charge < -0.3 is 0 Å². The molecule has 0 amide bonds. The van der Waals surface area contributed by atoms with E-state index in [1.165, 1.54) is 6.42 Å². The molecule has 1 aliphatic rings. The van der Waals surface area contributed by atoms with Gasteiger partial charge in [0, 0.05) is 13.1 Å². The molecule has 1 aliphatic heterocycles. The van der Waals surface area contributed by atoms with E-state index < -0.39 is 5.00 Å². The first-order chi connectivity index (χ1) is 5.17. The number of carbonyl (C=O) groups excluding carboxylic acids is 1. The van der Waals surface area contributed by atoms with Gasteiger partial charge in [0.1, 0.15) is 5.00 Å². The number of rotatable bonds is 2. The van der Waals surface area contributed by atoms with Crippen LogP contribution in [0.5, 0.6) is 0 Å². The first kappa shape index (κ1) is 9.01. The van der Waals surface area contributed by atoms with Crippen LogP contribution in [-0.4, -0.2) is 29.3 Å². The van der Waals surface area contributed by atoms with Gasteiger partial charge in [-0.15, -0.1) is 0 Å². The fraction of sp³-hybridized carbons (Fsp3) is 0.875. The average Bonchev–Trinajstić information content (AvgIpc) is 2.06. The molecule has 1 heterocycles. The molecule has 64 valence electrons. The number of hydrogen-bond donors (Lipinski definition) is 0. The third kappa shape index (κ3) is 2.17. The lowest BCUT2D eigenvalue weighted by Gasteiger charge is -2.34. The molecule has 1 unspecified atom stereocenters. The van der Waals surface area contributed by atoms with Crippen LogP contribution >= 0.6 is 11.6 Å². The molecular formula is C8H14ClNO. The summed E-state index contributed by atoms with van der Waals surface area (Å²) in [5.41, 5.74) is 0. The Hall–Kier alpha value is -0.0800.